The Morgan fingerprint density at radius 2 is 2.24 bits per heavy atom. The van der Waals surface area contributed by atoms with Crippen LogP contribution in [0.4, 0.5) is 0 Å². The highest BCUT2D eigenvalue weighted by molar-refractivity contribution is 7.89. The van der Waals surface area contributed by atoms with Gasteiger partial charge in [0.15, 0.2) is 0 Å². The SMILES string of the molecule is COc1cc(CN)ccc1S(=O)(=O)NCCn1ccnn1. The molecule has 0 saturated heterocycles. The Morgan fingerprint density at radius 1 is 1.43 bits per heavy atom. The number of ether oxygens (including phenoxy) is 1. The minimum absolute atomic E-state index is 0.0841. The van der Waals surface area contributed by atoms with Gasteiger partial charge in [0.25, 0.3) is 0 Å². The van der Waals surface area contributed by atoms with E-state index < -0.39 is 10.0 Å². The monoisotopic (exact) mass is 311 g/mol. The molecule has 3 N–H and O–H groups in total. The van der Waals surface area contributed by atoms with E-state index in [-0.39, 0.29) is 17.2 Å². The summed E-state index contributed by atoms with van der Waals surface area (Å²) in [5.74, 6) is 0.270. The lowest BCUT2D eigenvalue weighted by atomic mass is 10.2. The zero-order valence-corrected chi connectivity index (χ0v) is 12.4. The summed E-state index contributed by atoms with van der Waals surface area (Å²) in [5.41, 5.74) is 6.33. The molecule has 0 aliphatic carbocycles. The van der Waals surface area contributed by atoms with Gasteiger partial charge in [0, 0.05) is 19.3 Å². The first-order chi connectivity index (χ1) is 10.1. The van der Waals surface area contributed by atoms with Crippen LogP contribution in [0.3, 0.4) is 0 Å². The average Bonchev–Trinajstić information content (AvgIpc) is 2.99. The topological polar surface area (TPSA) is 112 Å². The molecule has 1 heterocycles. The molecule has 0 saturated carbocycles. The van der Waals surface area contributed by atoms with Gasteiger partial charge in [-0.05, 0) is 17.7 Å². The summed E-state index contributed by atoms with van der Waals surface area (Å²) in [6.07, 6.45) is 3.19. The van der Waals surface area contributed by atoms with Gasteiger partial charge in [0.05, 0.1) is 19.9 Å². The van der Waals surface area contributed by atoms with Crippen molar-refractivity contribution in [3.8, 4) is 5.75 Å². The number of methoxy groups -OCH3 is 1. The van der Waals surface area contributed by atoms with Gasteiger partial charge in [0.2, 0.25) is 10.0 Å². The fourth-order valence-electron chi connectivity index (χ4n) is 1.79. The van der Waals surface area contributed by atoms with Crippen LogP contribution in [0.1, 0.15) is 5.56 Å². The Bertz CT molecular complexity index is 685. The third-order valence-corrected chi connectivity index (χ3v) is 4.36. The minimum Gasteiger partial charge on any atom is -0.495 e. The van der Waals surface area contributed by atoms with Crippen LogP contribution in [0.5, 0.6) is 5.75 Å². The lowest BCUT2D eigenvalue weighted by Gasteiger charge is -2.11. The number of nitrogens with one attached hydrogen (secondary N) is 1. The molecule has 0 spiro atoms. The number of hydrogen-bond acceptors (Lipinski definition) is 6. The largest absolute Gasteiger partial charge is 0.495 e. The lowest BCUT2D eigenvalue weighted by molar-refractivity contribution is 0.401. The first-order valence-electron chi connectivity index (χ1n) is 6.27. The molecule has 0 unspecified atom stereocenters. The van der Waals surface area contributed by atoms with Gasteiger partial charge < -0.3 is 10.5 Å². The van der Waals surface area contributed by atoms with E-state index in [2.05, 4.69) is 15.0 Å². The van der Waals surface area contributed by atoms with Crippen LogP contribution in [0.2, 0.25) is 0 Å². The second-order valence-electron chi connectivity index (χ2n) is 4.25. The van der Waals surface area contributed by atoms with Crippen LogP contribution >= 0.6 is 0 Å². The van der Waals surface area contributed by atoms with Crippen molar-refractivity contribution in [2.24, 2.45) is 5.73 Å². The second kappa shape index (κ2) is 6.66. The standard InChI is InChI=1S/C12H17N5O3S/c1-20-11-8-10(9-13)2-3-12(11)21(18,19)15-5-7-17-6-4-14-16-17/h2-4,6,8,15H,5,7,9,13H2,1H3. The van der Waals surface area contributed by atoms with E-state index in [1.807, 2.05) is 0 Å². The van der Waals surface area contributed by atoms with Crippen LogP contribution in [0.25, 0.3) is 0 Å². The molecule has 0 fully saturated rings. The lowest BCUT2D eigenvalue weighted by Crippen LogP contribution is -2.28. The molecule has 9 heteroatoms. The Kier molecular flexibility index (Phi) is 4.89. The summed E-state index contributed by atoms with van der Waals surface area (Å²) in [6.45, 7) is 0.909. The molecular formula is C12H17N5O3S. The van der Waals surface area contributed by atoms with E-state index in [9.17, 15) is 8.42 Å². The molecule has 2 aromatic rings. The maximum Gasteiger partial charge on any atom is 0.244 e. The number of aromatic nitrogens is 3. The summed E-state index contributed by atoms with van der Waals surface area (Å²) < 4.78 is 33.7. The summed E-state index contributed by atoms with van der Waals surface area (Å²) in [6, 6.07) is 4.76. The zero-order valence-electron chi connectivity index (χ0n) is 11.6. The van der Waals surface area contributed by atoms with Crippen LogP contribution in [0.15, 0.2) is 35.5 Å². The molecule has 1 aromatic heterocycles. The number of benzene rings is 1. The van der Waals surface area contributed by atoms with Crippen molar-refractivity contribution >= 4 is 10.0 Å². The highest BCUT2D eigenvalue weighted by Crippen LogP contribution is 2.24. The molecule has 0 aliphatic heterocycles. The molecule has 0 bridgehead atoms. The highest BCUT2D eigenvalue weighted by Gasteiger charge is 2.19. The zero-order chi connectivity index (χ0) is 15.3. The Hall–Kier alpha value is -1.97. The predicted octanol–water partition coefficient (Wildman–Crippen LogP) is -0.276. The molecule has 0 atom stereocenters. The fraction of sp³-hybridized carbons (Fsp3) is 0.333. The number of nitrogens with zero attached hydrogens (tertiary/aromatic N) is 3. The summed E-state index contributed by atoms with van der Waals surface area (Å²) in [4.78, 5) is 0.0841. The molecule has 21 heavy (non-hydrogen) atoms. The molecule has 114 valence electrons. The van der Waals surface area contributed by atoms with Gasteiger partial charge in [-0.3, -0.25) is 4.68 Å². The summed E-state index contributed by atoms with van der Waals surface area (Å²) in [5, 5.41) is 7.40. The van der Waals surface area contributed by atoms with Crippen LogP contribution < -0.4 is 15.2 Å². The number of hydrogen-bond donors (Lipinski definition) is 2. The molecule has 0 aliphatic rings. The van der Waals surface area contributed by atoms with E-state index >= 15 is 0 Å². The molecule has 0 amide bonds. The van der Waals surface area contributed by atoms with E-state index in [0.717, 1.165) is 5.56 Å². The van der Waals surface area contributed by atoms with Crippen LogP contribution in [0, 0.1) is 0 Å². The predicted molar refractivity (Wildman–Crippen MR) is 76.1 cm³/mol. The van der Waals surface area contributed by atoms with Crippen molar-refractivity contribution in [2.75, 3.05) is 13.7 Å². The van der Waals surface area contributed by atoms with E-state index in [0.29, 0.717) is 13.1 Å². The van der Waals surface area contributed by atoms with Gasteiger partial charge in [0.1, 0.15) is 10.6 Å². The first-order valence-corrected chi connectivity index (χ1v) is 7.76. The molecule has 1 aromatic carbocycles. The summed E-state index contributed by atoms with van der Waals surface area (Å²) >= 11 is 0. The smallest absolute Gasteiger partial charge is 0.244 e. The Labute approximate surface area is 123 Å². The third-order valence-electron chi connectivity index (χ3n) is 2.86. The number of sulfonamides is 1. The molecular weight excluding hydrogens is 294 g/mol. The minimum atomic E-state index is -3.66. The van der Waals surface area contributed by atoms with E-state index in [1.54, 1.807) is 18.3 Å². The van der Waals surface area contributed by atoms with Gasteiger partial charge >= 0.3 is 0 Å². The fourth-order valence-corrected chi connectivity index (χ4v) is 2.96. The van der Waals surface area contributed by atoms with Crippen molar-refractivity contribution < 1.29 is 13.2 Å². The first kappa shape index (κ1) is 15.4. The van der Waals surface area contributed by atoms with Crippen molar-refractivity contribution in [1.29, 1.82) is 0 Å². The number of rotatable bonds is 7. The van der Waals surface area contributed by atoms with Gasteiger partial charge in [-0.25, -0.2) is 13.1 Å². The number of nitrogens with two attached hydrogens (primary N) is 1. The quantitative estimate of drug-likeness (QED) is 0.727. The second-order valence-corrected chi connectivity index (χ2v) is 5.99. The maximum atomic E-state index is 12.3. The van der Waals surface area contributed by atoms with Crippen molar-refractivity contribution in [3.63, 3.8) is 0 Å². The average molecular weight is 311 g/mol. The van der Waals surface area contributed by atoms with Crippen LogP contribution in [-0.4, -0.2) is 37.1 Å². The molecule has 0 radical (unpaired) electrons. The van der Waals surface area contributed by atoms with Gasteiger partial charge in [-0.2, -0.15) is 0 Å². The Balaban J connectivity index is 2.11. The van der Waals surface area contributed by atoms with Crippen molar-refractivity contribution in [3.05, 3.63) is 36.2 Å². The van der Waals surface area contributed by atoms with Gasteiger partial charge in [-0.1, -0.05) is 11.3 Å². The summed E-state index contributed by atoms with van der Waals surface area (Å²) in [7, 11) is -2.24. The van der Waals surface area contributed by atoms with Gasteiger partial charge in [-0.15, -0.1) is 5.10 Å². The molecule has 2 rings (SSSR count). The maximum absolute atomic E-state index is 12.3. The third kappa shape index (κ3) is 3.78. The van der Waals surface area contributed by atoms with Crippen LogP contribution in [-0.2, 0) is 23.1 Å². The van der Waals surface area contributed by atoms with Crippen molar-refractivity contribution in [2.45, 2.75) is 18.0 Å². The van der Waals surface area contributed by atoms with Crippen molar-refractivity contribution in [1.82, 2.24) is 19.7 Å². The van der Waals surface area contributed by atoms with E-state index in [4.69, 9.17) is 10.5 Å². The Morgan fingerprint density at radius 3 is 2.86 bits per heavy atom. The normalized spacial score (nSPS) is 11.5. The molecule has 8 nitrogen and oxygen atoms in total. The highest BCUT2D eigenvalue weighted by atomic mass is 32.2. The van der Waals surface area contributed by atoms with E-state index in [1.165, 1.54) is 24.1 Å².